The molecule has 7 nitrogen and oxygen atoms in total. The summed E-state index contributed by atoms with van der Waals surface area (Å²) in [6, 6.07) is 10.8. The van der Waals surface area contributed by atoms with Crippen LogP contribution in [0.5, 0.6) is 0 Å². The van der Waals surface area contributed by atoms with Crippen LogP contribution < -0.4 is 5.32 Å². The summed E-state index contributed by atoms with van der Waals surface area (Å²) < 4.78 is 4.64. The largest absolute Gasteiger partial charge is 0.465 e. The van der Waals surface area contributed by atoms with Crippen LogP contribution in [0.15, 0.2) is 42.5 Å². The van der Waals surface area contributed by atoms with Crippen molar-refractivity contribution in [2.24, 2.45) is 0 Å². The normalized spacial score (nSPS) is 10.1. The summed E-state index contributed by atoms with van der Waals surface area (Å²) in [5.74, 6) is -0.839. The molecule has 1 amide bonds. The first kappa shape index (κ1) is 17.1. The maximum absolute atomic E-state index is 12.2. The van der Waals surface area contributed by atoms with Crippen LogP contribution in [0.25, 0.3) is 0 Å². The van der Waals surface area contributed by atoms with Gasteiger partial charge in [0.1, 0.15) is 0 Å². The zero-order valence-corrected chi connectivity index (χ0v) is 13.2. The number of nitro benzene ring substituents is 1. The predicted molar refractivity (Wildman–Crippen MR) is 87.9 cm³/mol. The lowest BCUT2D eigenvalue weighted by Crippen LogP contribution is -2.16. The molecule has 0 aromatic heterocycles. The molecular formula is C17H16N2O5. The highest BCUT2D eigenvalue weighted by atomic mass is 16.6. The Kier molecular flexibility index (Phi) is 5.26. The monoisotopic (exact) mass is 328 g/mol. The van der Waals surface area contributed by atoms with Gasteiger partial charge in [0.15, 0.2) is 0 Å². The Balaban J connectivity index is 2.13. The number of carbonyl (C=O) groups is 2. The van der Waals surface area contributed by atoms with Crippen molar-refractivity contribution in [1.29, 1.82) is 0 Å². The van der Waals surface area contributed by atoms with Crippen molar-refractivity contribution in [3.05, 3.63) is 69.3 Å². The van der Waals surface area contributed by atoms with Gasteiger partial charge in [-0.1, -0.05) is 18.2 Å². The predicted octanol–water partition coefficient (Wildman–Crippen LogP) is 2.87. The molecule has 0 saturated carbocycles. The van der Waals surface area contributed by atoms with Gasteiger partial charge in [-0.2, -0.15) is 0 Å². The van der Waals surface area contributed by atoms with Crippen LogP contribution in [0.2, 0.25) is 0 Å². The van der Waals surface area contributed by atoms with E-state index in [-0.39, 0.29) is 18.0 Å². The van der Waals surface area contributed by atoms with E-state index in [1.807, 2.05) is 0 Å². The van der Waals surface area contributed by atoms with Crippen molar-refractivity contribution in [2.75, 3.05) is 12.4 Å². The number of hydrogen-bond donors (Lipinski definition) is 1. The first-order valence-electron chi connectivity index (χ1n) is 7.13. The van der Waals surface area contributed by atoms with Gasteiger partial charge in [0.05, 0.1) is 24.0 Å². The number of nitro groups is 1. The molecule has 0 aliphatic heterocycles. The molecule has 2 aromatic rings. The number of esters is 1. The molecule has 24 heavy (non-hydrogen) atoms. The van der Waals surface area contributed by atoms with Crippen molar-refractivity contribution in [1.82, 2.24) is 0 Å². The van der Waals surface area contributed by atoms with E-state index >= 15 is 0 Å². The van der Waals surface area contributed by atoms with E-state index in [1.54, 1.807) is 43.3 Å². The molecule has 0 radical (unpaired) electrons. The van der Waals surface area contributed by atoms with Crippen molar-refractivity contribution in [3.8, 4) is 0 Å². The Morgan fingerprint density at radius 2 is 1.92 bits per heavy atom. The summed E-state index contributed by atoms with van der Waals surface area (Å²) in [4.78, 5) is 34.1. The number of rotatable bonds is 5. The zero-order chi connectivity index (χ0) is 17.7. The molecule has 0 aliphatic carbocycles. The number of carbonyl (C=O) groups excluding carboxylic acids is 2. The quantitative estimate of drug-likeness (QED) is 0.517. The smallest absolute Gasteiger partial charge is 0.337 e. The van der Waals surface area contributed by atoms with Crippen molar-refractivity contribution < 1.29 is 19.2 Å². The molecule has 0 spiro atoms. The van der Waals surface area contributed by atoms with Crippen molar-refractivity contribution in [2.45, 2.75) is 13.3 Å². The topological polar surface area (TPSA) is 98.5 Å². The molecule has 0 unspecified atom stereocenters. The zero-order valence-electron chi connectivity index (χ0n) is 13.2. The average Bonchev–Trinajstić information content (AvgIpc) is 2.56. The fourth-order valence-corrected chi connectivity index (χ4v) is 2.25. The molecular weight excluding hydrogens is 312 g/mol. The molecule has 2 aromatic carbocycles. The Labute approximate surface area is 138 Å². The molecule has 0 bridgehead atoms. The van der Waals surface area contributed by atoms with Crippen molar-refractivity contribution in [3.63, 3.8) is 0 Å². The number of aryl methyl sites for hydroxylation is 1. The first-order chi connectivity index (χ1) is 11.4. The van der Waals surface area contributed by atoms with E-state index in [0.717, 1.165) is 0 Å². The van der Waals surface area contributed by atoms with Gasteiger partial charge in [-0.15, -0.1) is 0 Å². The number of methoxy groups -OCH3 is 1. The molecule has 0 fully saturated rings. The summed E-state index contributed by atoms with van der Waals surface area (Å²) in [5, 5.41) is 13.7. The van der Waals surface area contributed by atoms with E-state index in [4.69, 9.17) is 0 Å². The number of anilines is 1. The van der Waals surface area contributed by atoms with Crippen LogP contribution in [0.1, 0.15) is 21.5 Å². The van der Waals surface area contributed by atoms with Gasteiger partial charge in [0.2, 0.25) is 5.91 Å². The third kappa shape index (κ3) is 3.95. The third-order valence-electron chi connectivity index (χ3n) is 3.46. The van der Waals surface area contributed by atoms with Crippen LogP contribution in [-0.2, 0) is 16.0 Å². The van der Waals surface area contributed by atoms with Gasteiger partial charge >= 0.3 is 5.97 Å². The minimum absolute atomic E-state index is 0.0922. The second kappa shape index (κ2) is 7.36. The fourth-order valence-electron chi connectivity index (χ4n) is 2.25. The molecule has 0 heterocycles. The molecule has 1 N–H and O–H groups in total. The van der Waals surface area contributed by atoms with E-state index in [2.05, 4.69) is 10.1 Å². The lowest BCUT2D eigenvalue weighted by Gasteiger charge is -2.10. The second-order valence-corrected chi connectivity index (χ2v) is 5.13. The molecule has 0 aliphatic rings. The van der Waals surface area contributed by atoms with E-state index in [0.29, 0.717) is 22.4 Å². The molecule has 2 rings (SSSR count). The van der Waals surface area contributed by atoms with Gasteiger partial charge in [-0.3, -0.25) is 14.9 Å². The number of hydrogen-bond acceptors (Lipinski definition) is 5. The maximum Gasteiger partial charge on any atom is 0.337 e. The average molecular weight is 328 g/mol. The number of amides is 1. The molecule has 0 atom stereocenters. The highest BCUT2D eigenvalue weighted by molar-refractivity contribution is 5.95. The standard InChI is InChI=1S/C17H16N2O5/c1-11-9-13(17(21)24-2)7-8-14(11)18-16(20)10-12-5-3-4-6-15(12)19(22)23/h3-9H,10H2,1-2H3,(H,18,20). The fraction of sp³-hybridized carbons (Fsp3) is 0.176. The minimum atomic E-state index is -0.515. The number of para-hydroxylation sites is 1. The minimum Gasteiger partial charge on any atom is -0.465 e. The Morgan fingerprint density at radius 3 is 2.54 bits per heavy atom. The van der Waals surface area contributed by atoms with Gasteiger partial charge in [0, 0.05) is 17.3 Å². The number of ether oxygens (including phenoxy) is 1. The highest BCUT2D eigenvalue weighted by Crippen LogP contribution is 2.20. The van der Waals surface area contributed by atoms with E-state index in [1.165, 1.54) is 13.2 Å². The van der Waals surface area contributed by atoms with Gasteiger partial charge in [-0.05, 0) is 30.7 Å². The lowest BCUT2D eigenvalue weighted by molar-refractivity contribution is -0.385. The molecule has 0 saturated heterocycles. The Bertz CT molecular complexity index is 801. The summed E-state index contributed by atoms with van der Waals surface area (Å²) in [7, 11) is 1.29. The summed E-state index contributed by atoms with van der Waals surface area (Å²) in [6.45, 7) is 1.74. The van der Waals surface area contributed by atoms with Crippen LogP contribution in [0, 0.1) is 17.0 Å². The van der Waals surface area contributed by atoms with Crippen LogP contribution >= 0.6 is 0 Å². The van der Waals surface area contributed by atoms with Crippen LogP contribution in [0.3, 0.4) is 0 Å². The number of benzene rings is 2. The van der Waals surface area contributed by atoms with Gasteiger partial charge in [0.25, 0.3) is 5.69 Å². The SMILES string of the molecule is COC(=O)c1ccc(NC(=O)Cc2ccccc2[N+](=O)[O-])c(C)c1. The summed E-state index contributed by atoms with van der Waals surface area (Å²) >= 11 is 0. The highest BCUT2D eigenvalue weighted by Gasteiger charge is 2.16. The van der Waals surface area contributed by atoms with Crippen LogP contribution in [-0.4, -0.2) is 23.9 Å². The summed E-state index contributed by atoms with van der Waals surface area (Å²) in [6.07, 6.45) is -0.116. The van der Waals surface area contributed by atoms with Gasteiger partial charge < -0.3 is 10.1 Å². The Hall–Kier alpha value is -3.22. The molecule has 124 valence electrons. The lowest BCUT2D eigenvalue weighted by atomic mass is 10.1. The second-order valence-electron chi connectivity index (χ2n) is 5.13. The van der Waals surface area contributed by atoms with Crippen LogP contribution in [0.4, 0.5) is 11.4 Å². The third-order valence-corrected chi connectivity index (χ3v) is 3.46. The van der Waals surface area contributed by atoms with Crippen molar-refractivity contribution >= 4 is 23.3 Å². The number of nitrogens with zero attached hydrogens (tertiary/aromatic N) is 1. The maximum atomic E-state index is 12.2. The summed E-state index contributed by atoms with van der Waals surface area (Å²) in [5.41, 5.74) is 1.85. The van der Waals surface area contributed by atoms with E-state index < -0.39 is 10.9 Å². The van der Waals surface area contributed by atoms with Gasteiger partial charge in [-0.25, -0.2) is 4.79 Å². The Morgan fingerprint density at radius 1 is 1.21 bits per heavy atom. The number of nitrogens with one attached hydrogen (secondary N) is 1. The molecule has 7 heteroatoms. The first-order valence-corrected chi connectivity index (χ1v) is 7.13. The van der Waals surface area contributed by atoms with E-state index in [9.17, 15) is 19.7 Å².